The molecular weight excluding hydrogens is 402 g/mol. The number of likely N-dealkylation sites (tertiary alicyclic amines) is 1. The number of non-ortho nitro benzene ring substituents is 1. The van der Waals surface area contributed by atoms with Gasteiger partial charge in [-0.2, -0.15) is 0 Å². The summed E-state index contributed by atoms with van der Waals surface area (Å²) in [5, 5.41) is 18.3. The molecule has 8 heteroatoms. The van der Waals surface area contributed by atoms with Crippen LogP contribution in [0.5, 0.6) is 0 Å². The minimum absolute atomic E-state index is 0.0923. The highest BCUT2D eigenvalue weighted by Gasteiger charge is 2.30. The SMILES string of the molecule is CN=C(NCc1ccc([N+](=O)[O-])cc1)NCC1CCCN(C)C1c1cccc(Cl)c1. The highest BCUT2D eigenvalue weighted by molar-refractivity contribution is 6.30. The fourth-order valence-corrected chi connectivity index (χ4v) is 4.26. The van der Waals surface area contributed by atoms with Gasteiger partial charge < -0.3 is 10.6 Å². The van der Waals surface area contributed by atoms with Crippen LogP contribution < -0.4 is 10.6 Å². The Morgan fingerprint density at radius 3 is 2.70 bits per heavy atom. The fraction of sp³-hybridized carbons (Fsp3) is 0.409. The van der Waals surface area contributed by atoms with Crippen molar-refractivity contribution in [2.24, 2.45) is 10.9 Å². The maximum Gasteiger partial charge on any atom is 0.269 e. The van der Waals surface area contributed by atoms with E-state index in [9.17, 15) is 10.1 Å². The summed E-state index contributed by atoms with van der Waals surface area (Å²) in [6.07, 6.45) is 2.29. The summed E-state index contributed by atoms with van der Waals surface area (Å²) in [5.74, 6) is 1.14. The molecule has 0 aromatic heterocycles. The van der Waals surface area contributed by atoms with Crippen LogP contribution in [-0.2, 0) is 6.54 Å². The number of guanidine groups is 1. The molecule has 7 nitrogen and oxygen atoms in total. The van der Waals surface area contributed by atoms with Crippen LogP contribution in [0.1, 0.15) is 30.0 Å². The first kappa shape index (κ1) is 22.1. The van der Waals surface area contributed by atoms with Gasteiger partial charge in [0.1, 0.15) is 0 Å². The Kier molecular flexibility index (Phi) is 7.65. The fourth-order valence-electron chi connectivity index (χ4n) is 4.06. The van der Waals surface area contributed by atoms with Crippen molar-refractivity contribution in [1.29, 1.82) is 0 Å². The van der Waals surface area contributed by atoms with Crippen molar-refractivity contribution in [1.82, 2.24) is 15.5 Å². The van der Waals surface area contributed by atoms with Crippen molar-refractivity contribution in [2.45, 2.75) is 25.4 Å². The first-order valence-electron chi connectivity index (χ1n) is 10.1. The first-order valence-corrected chi connectivity index (χ1v) is 10.5. The average Bonchev–Trinajstić information content (AvgIpc) is 2.74. The zero-order chi connectivity index (χ0) is 21.5. The number of aliphatic imine (C=N–C) groups is 1. The maximum absolute atomic E-state index is 10.8. The Bertz CT molecular complexity index is 887. The van der Waals surface area contributed by atoms with E-state index >= 15 is 0 Å². The zero-order valence-electron chi connectivity index (χ0n) is 17.3. The zero-order valence-corrected chi connectivity index (χ0v) is 18.1. The molecular formula is C22H28ClN5O2. The van der Waals surface area contributed by atoms with Crippen LogP contribution in [0.15, 0.2) is 53.5 Å². The Balaban J connectivity index is 1.59. The summed E-state index contributed by atoms with van der Waals surface area (Å²) in [4.78, 5) is 17.1. The Labute approximate surface area is 182 Å². The molecule has 2 aromatic carbocycles. The van der Waals surface area contributed by atoms with Crippen LogP contribution in [0, 0.1) is 16.0 Å². The van der Waals surface area contributed by atoms with Gasteiger partial charge in [-0.15, -0.1) is 0 Å². The lowest BCUT2D eigenvalue weighted by Crippen LogP contribution is -2.44. The molecule has 0 radical (unpaired) electrons. The number of hydrogen-bond acceptors (Lipinski definition) is 4. The van der Waals surface area contributed by atoms with Crippen molar-refractivity contribution in [3.63, 3.8) is 0 Å². The summed E-state index contributed by atoms with van der Waals surface area (Å²) in [6.45, 7) is 2.40. The van der Waals surface area contributed by atoms with E-state index in [2.05, 4.69) is 39.7 Å². The number of halogens is 1. The molecule has 0 amide bonds. The molecule has 2 aromatic rings. The molecule has 2 atom stereocenters. The van der Waals surface area contributed by atoms with Gasteiger partial charge in [0.2, 0.25) is 0 Å². The Hall–Kier alpha value is -2.64. The van der Waals surface area contributed by atoms with Gasteiger partial charge in [-0.25, -0.2) is 0 Å². The summed E-state index contributed by atoms with van der Waals surface area (Å²) < 4.78 is 0. The molecule has 160 valence electrons. The van der Waals surface area contributed by atoms with E-state index < -0.39 is 4.92 Å². The minimum Gasteiger partial charge on any atom is -0.356 e. The monoisotopic (exact) mass is 429 g/mol. The van der Waals surface area contributed by atoms with Crippen LogP contribution in [0.3, 0.4) is 0 Å². The third-order valence-corrected chi connectivity index (χ3v) is 5.79. The predicted molar refractivity (Wildman–Crippen MR) is 121 cm³/mol. The average molecular weight is 430 g/mol. The number of piperidine rings is 1. The van der Waals surface area contributed by atoms with Crippen molar-refractivity contribution in [2.75, 3.05) is 27.2 Å². The second-order valence-corrected chi connectivity index (χ2v) is 8.05. The lowest BCUT2D eigenvalue weighted by molar-refractivity contribution is -0.384. The van der Waals surface area contributed by atoms with E-state index in [0.29, 0.717) is 24.5 Å². The molecule has 1 heterocycles. The normalized spacial score (nSPS) is 20.0. The van der Waals surface area contributed by atoms with Crippen molar-refractivity contribution >= 4 is 23.2 Å². The second kappa shape index (κ2) is 10.4. The second-order valence-electron chi connectivity index (χ2n) is 7.61. The molecule has 0 spiro atoms. The van der Waals surface area contributed by atoms with Crippen LogP contribution in [0.25, 0.3) is 0 Å². The van der Waals surface area contributed by atoms with Gasteiger partial charge in [0, 0.05) is 43.3 Å². The largest absolute Gasteiger partial charge is 0.356 e. The third kappa shape index (κ3) is 5.70. The minimum atomic E-state index is -0.394. The van der Waals surface area contributed by atoms with Gasteiger partial charge in [0.25, 0.3) is 5.69 Å². The van der Waals surface area contributed by atoms with E-state index in [1.807, 2.05) is 12.1 Å². The molecule has 1 saturated heterocycles. The molecule has 2 N–H and O–H groups in total. The van der Waals surface area contributed by atoms with Crippen LogP contribution in [0.2, 0.25) is 5.02 Å². The number of rotatable bonds is 6. The smallest absolute Gasteiger partial charge is 0.269 e. The molecule has 1 aliphatic heterocycles. The summed E-state index contributed by atoms with van der Waals surface area (Å²) in [7, 11) is 3.91. The lowest BCUT2D eigenvalue weighted by atomic mass is 9.85. The lowest BCUT2D eigenvalue weighted by Gasteiger charge is -2.40. The standard InChI is InChI=1S/C22H28ClN5O2/c1-24-22(25-14-16-8-10-20(11-9-16)28(29)30)26-15-18-6-4-12-27(2)21(18)17-5-3-7-19(23)13-17/h3,5,7-11,13,18,21H,4,6,12,14-15H2,1-2H3,(H2,24,25,26). The van der Waals surface area contributed by atoms with Crippen molar-refractivity contribution < 1.29 is 4.92 Å². The topological polar surface area (TPSA) is 82.8 Å². The Morgan fingerprint density at radius 1 is 1.27 bits per heavy atom. The number of benzene rings is 2. The number of nitrogens with one attached hydrogen (secondary N) is 2. The van der Waals surface area contributed by atoms with E-state index in [1.165, 1.54) is 17.7 Å². The van der Waals surface area contributed by atoms with E-state index in [0.717, 1.165) is 36.5 Å². The summed E-state index contributed by atoms with van der Waals surface area (Å²) in [6, 6.07) is 15.0. The maximum atomic E-state index is 10.8. The van der Waals surface area contributed by atoms with Crippen molar-refractivity contribution in [3.05, 3.63) is 74.8 Å². The predicted octanol–water partition coefficient (Wildman–Crippen LogP) is 4.00. The molecule has 1 fully saturated rings. The van der Waals surface area contributed by atoms with Crippen LogP contribution >= 0.6 is 11.6 Å². The van der Waals surface area contributed by atoms with E-state index in [4.69, 9.17) is 11.6 Å². The van der Waals surface area contributed by atoms with Gasteiger partial charge in [-0.3, -0.25) is 20.0 Å². The number of nitro groups is 1. The first-order chi connectivity index (χ1) is 14.5. The number of nitro benzene ring substituents is 1. The molecule has 0 bridgehead atoms. The van der Waals surface area contributed by atoms with Gasteiger partial charge >= 0.3 is 0 Å². The van der Waals surface area contributed by atoms with E-state index in [-0.39, 0.29) is 5.69 Å². The molecule has 1 aliphatic rings. The van der Waals surface area contributed by atoms with Gasteiger partial charge in [0.05, 0.1) is 4.92 Å². The van der Waals surface area contributed by atoms with Crippen molar-refractivity contribution in [3.8, 4) is 0 Å². The van der Waals surface area contributed by atoms with E-state index in [1.54, 1.807) is 19.2 Å². The summed E-state index contributed by atoms with van der Waals surface area (Å²) >= 11 is 6.24. The molecule has 0 saturated carbocycles. The highest BCUT2D eigenvalue weighted by Crippen LogP contribution is 2.35. The number of hydrogen-bond donors (Lipinski definition) is 2. The van der Waals surface area contributed by atoms with Gasteiger partial charge in [-0.1, -0.05) is 35.9 Å². The molecule has 30 heavy (non-hydrogen) atoms. The summed E-state index contributed by atoms with van der Waals surface area (Å²) in [5.41, 5.74) is 2.29. The molecule has 3 rings (SSSR count). The van der Waals surface area contributed by atoms with Gasteiger partial charge in [-0.05, 0) is 55.6 Å². The van der Waals surface area contributed by atoms with Gasteiger partial charge in [0.15, 0.2) is 5.96 Å². The van der Waals surface area contributed by atoms with Crippen LogP contribution in [-0.4, -0.2) is 43.0 Å². The third-order valence-electron chi connectivity index (χ3n) is 5.56. The molecule has 2 unspecified atom stereocenters. The Morgan fingerprint density at radius 2 is 2.03 bits per heavy atom. The van der Waals surface area contributed by atoms with Crippen LogP contribution in [0.4, 0.5) is 5.69 Å². The molecule has 0 aliphatic carbocycles. The number of nitrogens with zero attached hydrogens (tertiary/aromatic N) is 3. The quantitative estimate of drug-likeness (QED) is 0.314. The highest BCUT2D eigenvalue weighted by atomic mass is 35.5.